The molecule has 36 heavy (non-hydrogen) atoms. The highest BCUT2D eigenvalue weighted by Gasteiger charge is 2.17. The summed E-state index contributed by atoms with van der Waals surface area (Å²) < 4.78 is 25.9. The molecule has 1 unspecified atom stereocenters. The van der Waals surface area contributed by atoms with Gasteiger partial charge in [-0.2, -0.15) is 0 Å². The van der Waals surface area contributed by atoms with Gasteiger partial charge < -0.3 is 14.6 Å². The zero-order valence-corrected chi connectivity index (χ0v) is 21.6. The third-order valence-corrected chi connectivity index (χ3v) is 6.55. The van der Waals surface area contributed by atoms with Crippen LogP contribution in [0.5, 0.6) is 0 Å². The van der Waals surface area contributed by atoms with Crippen LogP contribution in [0.3, 0.4) is 0 Å². The first-order valence-corrected chi connectivity index (χ1v) is 12.7. The van der Waals surface area contributed by atoms with Crippen molar-refractivity contribution < 1.29 is 23.8 Å². The van der Waals surface area contributed by atoms with Crippen molar-refractivity contribution in [1.82, 2.24) is 0 Å². The molecule has 0 saturated heterocycles. The molecule has 1 aliphatic rings. The predicted molar refractivity (Wildman–Crippen MR) is 142 cm³/mol. The molecule has 0 amide bonds. The van der Waals surface area contributed by atoms with Crippen molar-refractivity contribution in [3.05, 3.63) is 94.5 Å². The van der Waals surface area contributed by atoms with Crippen molar-refractivity contribution in [2.45, 2.75) is 52.9 Å². The minimum Gasteiger partial charge on any atom is -0.494 e. The Morgan fingerprint density at radius 2 is 1.78 bits per heavy atom. The smallest absolute Gasteiger partial charge is 0.333 e. The second-order valence-corrected chi connectivity index (χ2v) is 9.38. The van der Waals surface area contributed by atoms with Crippen molar-refractivity contribution in [2.24, 2.45) is 5.92 Å². The van der Waals surface area contributed by atoms with E-state index >= 15 is 4.39 Å². The molecule has 4 nitrogen and oxygen atoms in total. The molecule has 0 bridgehead atoms. The largest absolute Gasteiger partial charge is 0.494 e. The van der Waals surface area contributed by atoms with Gasteiger partial charge in [0.05, 0.1) is 5.76 Å². The number of hydrogen-bond acceptors (Lipinski definition) is 4. The molecule has 2 aromatic rings. The summed E-state index contributed by atoms with van der Waals surface area (Å²) in [6.45, 7) is 10.0. The van der Waals surface area contributed by atoms with Gasteiger partial charge in [0.2, 0.25) is 0 Å². The lowest BCUT2D eigenvalue weighted by Gasteiger charge is -2.22. The zero-order valence-electron chi connectivity index (χ0n) is 21.6. The van der Waals surface area contributed by atoms with Gasteiger partial charge in [-0.25, -0.2) is 9.18 Å². The SMILES string of the molecule is C=C(C)C(=O)OCCOC1=CC=C(CCc2ccc(-c3ccc(CCO)cc3CC)c(F)c2)C(C)C1. The molecule has 1 N–H and O–H groups in total. The Morgan fingerprint density at radius 3 is 2.42 bits per heavy atom. The number of benzene rings is 2. The lowest BCUT2D eigenvalue weighted by molar-refractivity contribution is -0.140. The maximum atomic E-state index is 15.1. The quantitative estimate of drug-likeness (QED) is 0.209. The first-order chi connectivity index (χ1) is 17.3. The summed E-state index contributed by atoms with van der Waals surface area (Å²) in [5.41, 5.74) is 6.36. The normalized spacial score (nSPS) is 15.2. The van der Waals surface area contributed by atoms with Crippen molar-refractivity contribution in [2.75, 3.05) is 19.8 Å². The van der Waals surface area contributed by atoms with E-state index in [9.17, 15) is 9.90 Å². The molecule has 0 aliphatic heterocycles. The van der Waals surface area contributed by atoms with Gasteiger partial charge in [-0.3, -0.25) is 0 Å². The van der Waals surface area contributed by atoms with Gasteiger partial charge in [0.15, 0.2) is 0 Å². The Bertz CT molecular complexity index is 1150. The van der Waals surface area contributed by atoms with Gasteiger partial charge in [-0.05, 0) is 72.9 Å². The first kappa shape index (κ1) is 27.4. The minimum absolute atomic E-state index is 0.109. The van der Waals surface area contributed by atoms with E-state index in [1.165, 1.54) is 5.57 Å². The van der Waals surface area contributed by atoms with Gasteiger partial charge in [0.1, 0.15) is 19.0 Å². The molecule has 0 aromatic heterocycles. The van der Waals surface area contributed by atoms with E-state index < -0.39 is 5.97 Å². The van der Waals surface area contributed by atoms with Gasteiger partial charge in [0, 0.05) is 24.2 Å². The number of aliphatic hydroxyl groups is 1. The Kier molecular flexibility index (Phi) is 10.1. The number of ether oxygens (including phenoxy) is 2. The Hall–Kier alpha value is -3.18. The summed E-state index contributed by atoms with van der Waals surface area (Å²) in [5.74, 6) is 0.602. The van der Waals surface area contributed by atoms with E-state index in [2.05, 4.69) is 32.6 Å². The molecule has 1 aliphatic carbocycles. The number of carbonyl (C=O) groups is 1. The standard InChI is InChI=1S/C31H37FO4/c1-5-25-19-24(14-15-33)7-12-28(25)29-13-8-23(20-30(29)32)6-9-26-10-11-27(18-22(26)4)35-16-17-36-31(34)21(2)3/h7-8,10-13,19-20,22,33H,2,5-6,9,14-18H2,1,3-4H3. The van der Waals surface area contributed by atoms with E-state index in [1.807, 2.05) is 30.3 Å². The average Bonchev–Trinajstić information content (AvgIpc) is 2.86. The number of aryl methyl sites for hydroxylation is 2. The van der Waals surface area contributed by atoms with Crippen LogP contribution in [-0.2, 0) is 33.5 Å². The van der Waals surface area contributed by atoms with E-state index in [4.69, 9.17) is 9.47 Å². The first-order valence-electron chi connectivity index (χ1n) is 12.7. The highest BCUT2D eigenvalue weighted by atomic mass is 19.1. The second-order valence-electron chi connectivity index (χ2n) is 9.38. The third-order valence-electron chi connectivity index (χ3n) is 6.55. The summed E-state index contributed by atoms with van der Waals surface area (Å²) in [7, 11) is 0. The summed E-state index contributed by atoms with van der Waals surface area (Å²) >= 11 is 0. The highest BCUT2D eigenvalue weighted by molar-refractivity contribution is 5.86. The van der Waals surface area contributed by atoms with Crippen LogP contribution in [-0.4, -0.2) is 30.9 Å². The third kappa shape index (κ3) is 7.41. The van der Waals surface area contributed by atoms with Gasteiger partial charge >= 0.3 is 5.97 Å². The molecule has 3 rings (SSSR count). The van der Waals surface area contributed by atoms with Crippen LogP contribution in [0, 0.1) is 11.7 Å². The maximum Gasteiger partial charge on any atom is 0.333 e. The molecular formula is C31H37FO4. The van der Waals surface area contributed by atoms with E-state index in [-0.39, 0.29) is 19.0 Å². The monoisotopic (exact) mass is 492 g/mol. The Morgan fingerprint density at radius 1 is 1.06 bits per heavy atom. The van der Waals surface area contributed by atoms with Crippen LogP contribution in [0.25, 0.3) is 11.1 Å². The molecule has 0 heterocycles. The van der Waals surface area contributed by atoms with E-state index in [1.54, 1.807) is 13.0 Å². The summed E-state index contributed by atoms with van der Waals surface area (Å²) in [6.07, 6.45) is 7.90. The molecule has 0 fully saturated rings. The highest BCUT2D eigenvalue weighted by Crippen LogP contribution is 2.31. The van der Waals surface area contributed by atoms with Crippen LogP contribution in [0.15, 0.2) is 72.0 Å². The van der Waals surface area contributed by atoms with Crippen LogP contribution < -0.4 is 0 Å². The van der Waals surface area contributed by atoms with Crippen LogP contribution in [0.1, 0.15) is 50.3 Å². The number of halogens is 1. The number of rotatable bonds is 12. The predicted octanol–water partition coefficient (Wildman–Crippen LogP) is 6.51. The van der Waals surface area contributed by atoms with Crippen LogP contribution in [0.4, 0.5) is 4.39 Å². The fraction of sp³-hybridized carbons (Fsp3) is 0.387. The number of aliphatic hydroxyl groups excluding tert-OH is 1. The fourth-order valence-electron chi connectivity index (χ4n) is 4.44. The molecule has 0 radical (unpaired) electrons. The van der Waals surface area contributed by atoms with E-state index in [0.717, 1.165) is 53.7 Å². The van der Waals surface area contributed by atoms with Gasteiger partial charge in [-0.1, -0.05) is 62.4 Å². The topological polar surface area (TPSA) is 55.8 Å². The Labute approximate surface area is 214 Å². The fourth-order valence-corrected chi connectivity index (χ4v) is 4.44. The molecule has 1 atom stereocenters. The van der Waals surface area contributed by atoms with Crippen molar-refractivity contribution >= 4 is 5.97 Å². The lowest BCUT2D eigenvalue weighted by Crippen LogP contribution is -2.13. The number of esters is 1. The molecule has 0 saturated carbocycles. The van der Waals surface area contributed by atoms with Crippen LogP contribution in [0.2, 0.25) is 0 Å². The summed E-state index contributed by atoms with van der Waals surface area (Å²) in [6, 6.07) is 11.6. The van der Waals surface area contributed by atoms with Gasteiger partial charge in [-0.15, -0.1) is 0 Å². The molecule has 2 aromatic carbocycles. The molecular weight excluding hydrogens is 455 g/mol. The van der Waals surface area contributed by atoms with E-state index in [0.29, 0.717) is 30.1 Å². The van der Waals surface area contributed by atoms with Crippen molar-refractivity contribution in [3.63, 3.8) is 0 Å². The van der Waals surface area contributed by atoms with Crippen molar-refractivity contribution in [3.8, 4) is 11.1 Å². The minimum atomic E-state index is -0.405. The van der Waals surface area contributed by atoms with Crippen molar-refractivity contribution in [1.29, 1.82) is 0 Å². The lowest BCUT2D eigenvalue weighted by atomic mass is 9.88. The average molecular weight is 493 g/mol. The molecule has 0 spiro atoms. The maximum absolute atomic E-state index is 15.1. The summed E-state index contributed by atoms with van der Waals surface area (Å²) in [4.78, 5) is 11.4. The summed E-state index contributed by atoms with van der Waals surface area (Å²) in [5, 5.41) is 9.20. The zero-order chi connectivity index (χ0) is 26.1. The number of allylic oxidation sites excluding steroid dienone is 4. The number of carbonyl (C=O) groups excluding carboxylic acids is 1. The number of hydrogen-bond donors (Lipinski definition) is 1. The molecule has 192 valence electrons. The van der Waals surface area contributed by atoms with Crippen LogP contribution >= 0.6 is 0 Å². The molecule has 5 heteroatoms. The second kappa shape index (κ2) is 13.2. The van der Waals surface area contributed by atoms with Gasteiger partial charge in [0.25, 0.3) is 0 Å². The Balaban J connectivity index is 1.58.